The lowest BCUT2D eigenvalue weighted by Gasteiger charge is -2.30. The highest BCUT2D eigenvalue weighted by Crippen LogP contribution is 2.20. The van der Waals surface area contributed by atoms with E-state index in [1.807, 2.05) is 30.3 Å². The number of anilines is 2. The molecule has 162 valence electrons. The van der Waals surface area contributed by atoms with E-state index in [1.165, 1.54) is 6.92 Å². The fraction of sp³-hybridized carbons (Fsp3) is 0.304. The molecule has 3 amide bonds. The molecule has 8 heteroatoms. The van der Waals surface area contributed by atoms with Gasteiger partial charge in [0.15, 0.2) is 12.4 Å². The van der Waals surface area contributed by atoms with Gasteiger partial charge in [0.05, 0.1) is 11.6 Å². The van der Waals surface area contributed by atoms with Gasteiger partial charge < -0.3 is 20.3 Å². The van der Waals surface area contributed by atoms with Crippen LogP contribution in [0, 0.1) is 5.92 Å². The number of piperidine rings is 1. The summed E-state index contributed by atoms with van der Waals surface area (Å²) >= 11 is 0. The molecule has 0 aromatic heterocycles. The van der Waals surface area contributed by atoms with Gasteiger partial charge in [-0.1, -0.05) is 30.3 Å². The monoisotopic (exact) mass is 423 g/mol. The molecule has 1 heterocycles. The van der Waals surface area contributed by atoms with Gasteiger partial charge >= 0.3 is 12.0 Å². The molecule has 1 aliphatic heterocycles. The zero-order chi connectivity index (χ0) is 22.2. The Morgan fingerprint density at radius 3 is 2.26 bits per heavy atom. The van der Waals surface area contributed by atoms with Crippen LogP contribution in [0.4, 0.5) is 16.2 Å². The normalized spacial score (nSPS) is 13.9. The molecular formula is C23H25N3O5. The third-order valence-electron chi connectivity index (χ3n) is 5.07. The number of likely N-dealkylation sites (tertiary alicyclic amines) is 1. The van der Waals surface area contributed by atoms with Gasteiger partial charge in [-0.25, -0.2) is 4.79 Å². The Labute approximate surface area is 180 Å². The number of rotatable bonds is 6. The standard InChI is InChI=1S/C23H25N3O5/c1-16(27)19-9-5-6-10-20(19)25-21(28)15-31-22(29)17-11-13-26(14-12-17)23(30)24-18-7-3-2-4-8-18/h2-10,17H,11-15H2,1H3,(H,24,30)(H,25,28). The number of nitrogens with zero attached hydrogens (tertiary/aromatic N) is 1. The maximum Gasteiger partial charge on any atom is 0.321 e. The van der Waals surface area contributed by atoms with Crippen molar-refractivity contribution < 1.29 is 23.9 Å². The van der Waals surface area contributed by atoms with Crippen molar-refractivity contribution in [3.8, 4) is 0 Å². The van der Waals surface area contributed by atoms with Gasteiger partial charge in [0.25, 0.3) is 5.91 Å². The Balaban J connectivity index is 1.42. The van der Waals surface area contributed by atoms with Crippen molar-refractivity contribution in [2.45, 2.75) is 19.8 Å². The van der Waals surface area contributed by atoms with Gasteiger partial charge in [0.1, 0.15) is 0 Å². The van der Waals surface area contributed by atoms with Crippen LogP contribution in [0.1, 0.15) is 30.1 Å². The second-order valence-electron chi connectivity index (χ2n) is 7.32. The van der Waals surface area contributed by atoms with Crippen LogP contribution >= 0.6 is 0 Å². The van der Waals surface area contributed by atoms with Crippen LogP contribution in [0.25, 0.3) is 0 Å². The lowest BCUT2D eigenvalue weighted by Crippen LogP contribution is -2.43. The maximum absolute atomic E-state index is 12.3. The fourth-order valence-electron chi connectivity index (χ4n) is 3.38. The number of esters is 1. The number of nitrogens with one attached hydrogen (secondary N) is 2. The summed E-state index contributed by atoms with van der Waals surface area (Å²) in [5.74, 6) is -1.51. The molecule has 0 saturated carbocycles. The van der Waals surface area contributed by atoms with Gasteiger partial charge in [0.2, 0.25) is 0 Å². The van der Waals surface area contributed by atoms with Crippen LogP contribution in [0.5, 0.6) is 0 Å². The van der Waals surface area contributed by atoms with Crippen molar-refractivity contribution in [2.24, 2.45) is 5.92 Å². The highest BCUT2D eigenvalue weighted by Gasteiger charge is 2.28. The number of hydrogen-bond donors (Lipinski definition) is 2. The number of ketones is 1. The van der Waals surface area contributed by atoms with E-state index in [9.17, 15) is 19.2 Å². The van der Waals surface area contributed by atoms with Crippen LogP contribution in [0.2, 0.25) is 0 Å². The molecule has 1 saturated heterocycles. The highest BCUT2D eigenvalue weighted by atomic mass is 16.5. The number of para-hydroxylation sites is 2. The minimum absolute atomic E-state index is 0.170. The minimum atomic E-state index is -0.512. The summed E-state index contributed by atoms with van der Waals surface area (Å²) in [6.07, 6.45) is 0.936. The summed E-state index contributed by atoms with van der Waals surface area (Å²) in [6, 6.07) is 15.6. The van der Waals surface area contributed by atoms with E-state index in [4.69, 9.17) is 4.74 Å². The summed E-state index contributed by atoms with van der Waals surface area (Å²) < 4.78 is 5.15. The Morgan fingerprint density at radius 1 is 0.935 bits per heavy atom. The van der Waals surface area contributed by atoms with Crippen LogP contribution in [-0.4, -0.2) is 48.3 Å². The molecule has 0 atom stereocenters. The summed E-state index contributed by atoms with van der Waals surface area (Å²) in [6.45, 7) is 1.84. The van der Waals surface area contributed by atoms with Gasteiger partial charge in [-0.15, -0.1) is 0 Å². The van der Waals surface area contributed by atoms with E-state index in [0.29, 0.717) is 42.9 Å². The van der Waals surface area contributed by atoms with Gasteiger partial charge in [-0.05, 0) is 44.0 Å². The zero-order valence-corrected chi connectivity index (χ0v) is 17.3. The fourth-order valence-corrected chi connectivity index (χ4v) is 3.38. The molecule has 31 heavy (non-hydrogen) atoms. The summed E-state index contributed by atoms with van der Waals surface area (Å²) in [5.41, 5.74) is 1.49. The van der Waals surface area contributed by atoms with Crippen molar-refractivity contribution in [3.63, 3.8) is 0 Å². The molecule has 1 aliphatic rings. The topological polar surface area (TPSA) is 105 Å². The summed E-state index contributed by atoms with van der Waals surface area (Å²) in [5, 5.41) is 5.42. The quantitative estimate of drug-likeness (QED) is 0.548. The zero-order valence-electron chi connectivity index (χ0n) is 17.3. The first-order chi connectivity index (χ1) is 14.9. The molecule has 2 aromatic rings. The van der Waals surface area contributed by atoms with Crippen LogP contribution < -0.4 is 10.6 Å². The molecule has 0 unspecified atom stereocenters. The van der Waals surface area contributed by atoms with Crippen molar-refractivity contribution in [1.29, 1.82) is 0 Å². The SMILES string of the molecule is CC(=O)c1ccccc1NC(=O)COC(=O)C1CCN(C(=O)Nc2ccccc2)CC1. The Morgan fingerprint density at radius 2 is 1.58 bits per heavy atom. The van der Waals surface area contributed by atoms with E-state index in [0.717, 1.165) is 0 Å². The number of ether oxygens (including phenoxy) is 1. The van der Waals surface area contributed by atoms with E-state index >= 15 is 0 Å². The summed E-state index contributed by atoms with van der Waals surface area (Å²) in [4.78, 5) is 50.1. The number of Topliss-reactive ketones (excluding diaryl/α,β-unsaturated/α-hetero) is 1. The molecular weight excluding hydrogens is 398 g/mol. The van der Waals surface area contributed by atoms with E-state index in [2.05, 4.69) is 10.6 Å². The van der Waals surface area contributed by atoms with Gasteiger partial charge in [-0.2, -0.15) is 0 Å². The number of urea groups is 1. The Hall–Kier alpha value is -3.68. The predicted octanol–water partition coefficient (Wildman–Crippen LogP) is 3.32. The number of hydrogen-bond acceptors (Lipinski definition) is 5. The highest BCUT2D eigenvalue weighted by molar-refractivity contribution is 6.04. The molecule has 3 rings (SSSR count). The van der Waals surface area contributed by atoms with Crippen molar-refractivity contribution in [1.82, 2.24) is 4.90 Å². The molecule has 2 N–H and O–H groups in total. The number of carbonyl (C=O) groups is 4. The molecule has 2 aromatic carbocycles. The molecule has 0 aliphatic carbocycles. The largest absolute Gasteiger partial charge is 0.455 e. The van der Waals surface area contributed by atoms with Crippen molar-refractivity contribution in [3.05, 3.63) is 60.2 Å². The van der Waals surface area contributed by atoms with E-state index < -0.39 is 18.5 Å². The number of benzene rings is 2. The van der Waals surface area contributed by atoms with Gasteiger partial charge in [-0.3, -0.25) is 14.4 Å². The van der Waals surface area contributed by atoms with Crippen molar-refractivity contribution in [2.75, 3.05) is 30.3 Å². The third kappa shape index (κ3) is 6.15. The average molecular weight is 423 g/mol. The second kappa shape index (κ2) is 10.4. The summed E-state index contributed by atoms with van der Waals surface area (Å²) in [7, 11) is 0. The molecule has 0 radical (unpaired) electrons. The third-order valence-corrected chi connectivity index (χ3v) is 5.07. The first-order valence-corrected chi connectivity index (χ1v) is 10.1. The average Bonchev–Trinajstić information content (AvgIpc) is 2.78. The van der Waals surface area contributed by atoms with Crippen molar-refractivity contribution >= 4 is 35.1 Å². The predicted molar refractivity (Wildman–Crippen MR) is 116 cm³/mol. The van der Waals surface area contributed by atoms with Crippen LogP contribution in [0.15, 0.2) is 54.6 Å². The maximum atomic E-state index is 12.3. The second-order valence-corrected chi connectivity index (χ2v) is 7.32. The molecule has 8 nitrogen and oxygen atoms in total. The smallest absolute Gasteiger partial charge is 0.321 e. The van der Waals surface area contributed by atoms with Crippen LogP contribution in [-0.2, 0) is 14.3 Å². The first-order valence-electron chi connectivity index (χ1n) is 10.1. The molecule has 0 bridgehead atoms. The van der Waals surface area contributed by atoms with E-state index in [-0.39, 0.29) is 17.7 Å². The molecule has 1 fully saturated rings. The first kappa shape index (κ1) is 22.0. The van der Waals surface area contributed by atoms with Crippen LogP contribution in [0.3, 0.4) is 0 Å². The lowest BCUT2D eigenvalue weighted by atomic mass is 9.97. The Bertz CT molecular complexity index is 953. The lowest BCUT2D eigenvalue weighted by molar-refractivity contribution is -0.152. The Kier molecular flexibility index (Phi) is 7.37. The van der Waals surface area contributed by atoms with Gasteiger partial charge in [0, 0.05) is 24.3 Å². The molecule has 0 spiro atoms. The number of carbonyl (C=O) groups excluding carboxylic acids is 4. The van der Waals surface area contributed by atoms with E-state index in [1.54, 1.807) is 29.2 Å². The minimum Gasteiger partial charge on any atom is -0.455 e. The number of amides is 3.